The van der Waals surface area contributed by atoms with Crippen molar-refractivity contribution in [2.75, 3.05) is 6.61 Å². The topological polar surface area (TPSA) is 76.0 Å². The van der Waals surface area contributed by atoms with Crippen molar-refractivity contribution < 1.29 is 24.5 Å². The summed E-state index contributed by atoms with van der Waals surface area (Å²) in [5.41, 5.74) is -0.952. The largest absolute Gasteiger partial charge is 0.493 e. The molecule has 0 aromatic heterocycles. The van der Waals surface area contributed by atoms with Crippen molar-refractivity contribution in [2.45, 2.75) is 38.1 Å². The first-order valence-corrected chi connectivity index (χ1v) is 6.29. The van der Waals surface area contributed by atoms with Gasteiger partial charge in [0.05, 0.1) is 18.8 Å². The van der Waals surface area contributed by atoms with Gasteiger partial charge in [-0.15, -0.1) is 0 Å². The zero-order chi connectivity index (χ0) is 14.0. The van der Waals surface area contributed by atoms with Gasteiger partial charge >= 0.3 is 5.97 Å². The lowest BCUT2D eigenvalue weighted by molar-refractivity contribution is -0.188. The molecular weight excluding hydrogens is 248 g/mol. The van der Waals surface area contributed by atoms with Gasteiger partial charge in [0.25, 0.3) is 0 Å². The van der Waals surface area contributed by atoms with Crippen LogP contribution in [0.4, 0.5) is 0 Å². The van der Waals surface area contributed by atoms with Crippen molar-refractivity contribution >= 4 is 5.97 Å². The van der Waals surface area contributed by atoms with E-state index < -0.39 is 23.8 Å². The van der Waals surface area contributed by atoms with Crippen molar-refractivity contribution in [2.24, 2.45) is 0 Å². The number of carboxylic acids is 1. The number of hydrogen-bond acceptors (Lipinski definition) is 4. The lowest BCUT2D eigenvalue weighted by Gasteiger charge is -2.37. The number of para-hydroxylation sites is 1. The van der Waals surface area contributed by atoms with Gasteiger partial charge < -0.3 is 19.7 Å². The molecule has 1 aliphatic rings. The second-order valence-corrected chi connectivity index (χ2v) is 4.79. The molecule has 0 spiro atoms. The molecule has 0 bridgehead atoms. The zero-order valence-electron chi connectivity index (χ0n) is 11.0. The Labute approximate surface area is 111 Å². The van der Waals surface area contributed by atoms with Crippen LogP contribution in [0.3, 0.4) is 0 Å². The molecule has 5 heteroatoms. The average Bonchev–Trinajstić information content (AvgIpc) is 2.38. The molecule has 5 nitrogen and oxygen atoms in total. The van der Waals surface area contributed by atoms with E-state index in [1.807, 2.05) is 0 Å². The predicted molar refractivity (Wildman–Crippen MR) is 68.1 cm³/mol. The van der Waals surface area contributed by atoms with Gasteiger partial charge in [-0.3, -0.25) is 0 Å². The Morgan fingerprint density at radius 1 is 1.42 bits per heavy atom. The molecule has 2 rings (SSSR count). The van der Waals surface area contributed by atoms with Crippen LogP contribution in [0.2, 0.25) is 0 Å². The van der Waals surface area contributed by atoms with Crippen LogP contribution in [-0.2, 0) is 15.1 Å². The summed E-state index contributed by atoms with van der Waals surface area (Å²) in [7, 11) is 0. The Morgan fingerprint density at radius 2 is 2.11 bits per heavy atom. The molecule has 19 heavy (non-hydrogen) atoms. The minimum absolute atomic E-state index is 0.219. The number of rotatable bonds is 4. The summed E-state index contributed by atoms with van der Waals surface area (Å²) in [4.78, 5) is 11.7. The normalized spacial score (nSPS) is 25.0. The van der Waals surface area contributed by atoms with Gasteiger partial charge in [-0.25, -0.2) is 4.79 Å². The summed E-state index contributed by atoms with van der Waals surface area (Å²) in [6.45, 7) is 3.51. The number of aliphatic carboxylic acids is 1. The van der Waals surface area contributed by atoms with Crippen molar-refractivity contribution in [3.8, 4) is 5.75 Å². The highest BCUT2D eigenvalue weighted by atomic mass is 16.6. The fourth-order valence-electron chi connectivity index (χ4n) is 2.18. The number of aliphatic hydroxyl groups is 1. The maximum absolute atomic E-state index is 11.7. The summed E-state index contributed by atoms with van der Waals surface area (Å²) < 4.78 is 11.2. The molecule has 1 aromatic carbocycles. The van der Waals surface area contributed by atoms with Gasteiger partial charge in [0.2, 0.25) is 0 Å². The van der Waals surface area contributed by atoms with Crippen molar-refractivity contribution in [3.63, 3.8) is 0 Å². The van der Waals surface area contributed by atoms with Crippen molar-refractivity contribution in [1.29, 1.82) is 0 Å². The van der Waals surface area contributed by atoms with Gasteiger partial charge in [0, 0.05) is 12.0 Å². The summed E-state index contributed by atoms with van der Waals surface area (Å²) in [6, 6.07) is 6.95. The Hall–Kier alpha value is -1.59. The Balaban J connectivity index is 2.44. The van der Waals surface area contributed by atoms with E-state index in [1.165, 1.54) is 0 Å². The number of hydrogen-bond donors (Lipinski definition) is 2. The number of carboxylic acid groups (broad SMARTS) is 1. The first kappa shape index (κ1) is 13.8. The van der Waals surface area contributed by atoms with Crippen molar-refractivity contribution in [3.05, 3.63) is 29.8 Å². The molecule has 0 saturated carbocycles. The summed E-state index contributed by atoms with van der Waals surface area (Å²) in [6.07, 6.45) is -1.11. The zero-order valence-corrected chi connectivity index (χ0v) is 11.0. The van der Waals surface area contributed by atoms with E-state index in [9.17, 15) is 15.0 Å². The molecule has 0 fully saturated rings. The molecule has 0 radical (unpaired) electrons. The molecule has 3 atom stereocenters. The first-order valence-electron chi connectivity index (χ1n) is 6.29. The average molecular weight is 266 g/mol. The third-order valence-corrected chi connectivity index (χ3v) is 3.45. The van der Waals surface area contributed by atoms with Gasteiger partial charge in [0.15, 0.2) is 5.60 Å². The first-order chi connectivity index (χ1) is 8.97. The van der Waals surface area contributed by atoms with E-state index >= 15 is 0 Å². The smallest absolute Gasteiger partial charge is 0.340 e. The molecule has 104 valence electrons. The minimum Gasteiger partial charge on any atom is -0.493 e. The number of aliphatic hydroxyl groups excluding tert-OH is 1. The van der Waals surface area contributed by atoms with E-state index in [2.05, 4.69) is 0 Å². The number of fused-ring (bicyclic) bond motifs is 1. The molecule has 2 N–H and O–H groups in total. The van der Waals surface area contributed by atoms with Crippen LogP contribution in [0.5, 0.6) is 5.75 Å². The van der Waals surface area contributed by atoms with Crippen LogP contribution in [0.15, 0.2) is 24.3 Å². The van der Waals surface area contributed by atoms with E-state index in [0.29, 0.717) is 11.3 Å². The maximum atomic E-state index is 11.7. The maximum Gasteiger partial charge on any atom is 0.340 e. The molecule has 0 saturated heterocycles. The fourth-order valence-corrected chi connectivity index (χ4v) is 2.18. The molecule has 0 amide bonds. The Bertz CT molecular complexity index is 471. The molecule has 1 heterocycles. The second-order valence-electron chi connectivity index (χ2n) is 4.79. The quantitative estimate of drug-likeness (QED) is 0.864. The van der Waals surface area contributed by atoms with E-state index in [0.717, 1.165) is 0 Å². The number of benzene rings is 1. The van der Waals surface area contributed by atoms with Crippen LogP contribution in [-0.4, -0.2) is 35.0 Å². The molecule has 1 aliphatic heterocycles. The number of carbonyl (C=O) groups is 1. The Morgan fingerprint density at radius 3 is 2.74 bits per heavy atom. The summed E-state index contributed by atoms with van der Waals surface area (Å²) >= 11 is 0. The van der Waals surface area contributed by atoms with E-state index in [1.54, 1.807) is 38.1 Å². The van der Waals surface area contributed by atoms with Crippen LogP contribution in [0.25, 0.3) is 0 Å². The fraction of sp³-hybridized carbons (Fsp3) is 0.500. The molecule has 1 aromatic rings. The van der Waals surface area contributed by atoms with Gasteiger partial charge in [0.1, 0.15) is 5.75 Å². The summed E-state index contributed by atoms with van der Waals surface area (Å²) in [5, 5.41) is 19.2. The summed E-state index contributed by atoms with van der Waals surface area (Å²) in [5.74, 6) is -0.537. The van der Waals surface area contributed by atoms with Crippen molar-refractivity contribution in [1.82, 2.24) is 0 Å². The highest BCUT2D eigenvalue weighted by Gasteiger charge is 2.47. The van der Waals surface area contributed by atoms with E-state index in [4.69, 9.17) is 9.47 Å². The molecule has 3 unspecified atom stereocenters. The lowest BCUT2D eigenvalue weighted by atomic mass is 9.87. The highest BCUT2D eigenvalue weighted by molar-refractivity contribution is 5.81. The lowest BCUT2D eigenvalue weighted by Crippen LogP contribution is -2.46. The predicted octanol–water partition coefficient (Wildman–Crippen LogP) is 1.53. The van der Waals surface area contributed by atoms with E-state index in [-0.39, 0.29) is 13.0 Å². The second kappa shape index (κ2) is 5.19. The van der Waals surface area contributed by atoms with Crippen LogP contribution >= 0.6 is 0 Å². The van der Waals surface area contributed by atoms with Gasteiger partial charge in [-0.05, 0) is 19.9 Å². The monoisotopic (exact) mass is 266 g/mol. The Kier molecular flexibility index (Phi) is 3.78. The highest BCUT2D eigenvalue weighted by Crippen LogP contribution is 2.41. The standard InChI is InChI=1S/C14H18O5/c1-9(15)10(2)19-14(13(16)17)7-8-18-12-6-4-3-5-11(12)14/h3-6,9-10,15H,7-8H2,1-2H3,(H,16,17). The molecular formula is C14H18O5. The van der Waals surface area contributed by atoms with Crippen LogP contribution in [0, 0.1) is 0 Å². The SMILES string of the molecule is CC(O)C(C)OC1(C(=O)O)CCOc2ccccc21. The molecule has 0 aliphatic carbocycles. The third-order valence-electron chi connectivity index (χ3n) is 3.45. The third kappa shape index (κ3) is 2.43. The van der Waals surface area contributed by atoms with Gasteiger partial charge in [-0.1, -0.05) is 18.2 Å². The van der Waals surface area contributed by atoms with Crippen LogP contribution < -0.4 is 4.74 Å². The minimum atomic E-state index is -1.45. The van der Waals surface area contributed by atoms with Gasteiger partial charge in [-0.2, -0.15) is 0 Å². The van der Waals surface area contributed by atoms with Crippen LogP contribution in [0.1, 0.15) is 25.8 Å². The number of ether oxygens (including phenoxy) is 2.